The van der Waals surface area contributed by atoms with E-state index in [9.17, 15) is 0 Å². The molecule has 7 heteroatoms. The molecule has 0 atom stereocenters. The quantitative estimate of drug-likeness (QED) is 0.714. The van der Waals surface area contributed by atoms with Crippen LogP contribution >= 0.6 is 11.6 Å². The molecule has 0 aliphatic carbocycles. The van der Waals surface area contributed by atoms with Crippen LogP contribution in [0.3, 0.4) is 0 Å². The van der Waals surface area contributed by atoms with E-state index < -0.39 is 0 Å². The molecule has 0 radical (unpaired) electrons. The first-order chi connectivity index (χ1) is 11.8. The molecule has 1 aliphatic heterocycles. The maximum atomic E-state index is 6.01. The number of benzene rings is 1. The highest BCUT2D eigenvalue weighted by atomic mass is 35.5. The number of hydrogen-bond acceptors (Lipinski definition) is 4. The fraction of sp³-hybridized carbons (Fsp3) is 0.353. The number of nitrogens with zero attached hydrogens (tertiary/aromatic N) is 3. The second-order valence-electron chi connectivity index (χ2n) is 6.18. The summed E-state index contributed by atoms with van der Waals surface area (Å²) in [6.07, 6.45) is 3.91. The molecule has 3 heterocycles. The van der Waals surface area contributed by atoms with E-state index in [-0.39, 0.29) is 5.28 Å². The lowest BCUT2D eigenvalue weighted by Crippen LogP contribution is -2.38. The second kappa shape index (κ2) is 6.75. The number of halogens is 1. The molecular formula is C17H20ClN6+. The predicted molar refractivity (Wildman–Crippen MR) is 93.8 cm³/mol. The highest BCUT2D eigenvalue weighted by molar-refractivity contribution is 6.28. The van der Waals surface area contributed by atoms with Crippen molar-refractivity contribution in [3.8, 4) is 0 Å². The average molecular weight is 344 g/mol. The minimum absolute atomic E-state index is 0.252. The lowest BCUT2D eigenvalue weighted by atomic mass is 10.0. The van der Waals surface area contributed by atoms with E-state index in [0.29, 0.717) is 6.04 Å². The molecule has 0 spiro atoms. The van der Waals surface area contributed by atoms with Gasteiger partial charge in [0.15, 0.2) is 12.1 Å². The molecule has 1 aliphatic rings. The second-order valence-corrected chi connectivity index (χ2v) is 6.52. The lowest BCUT2D eigenvalue weighted by molar-refractivity contribution is -0.347. The Morgan fingerprint density at radius 2 is 2.00 bits per heavy atom. The number of H-pyrrole nitrogens is 2. The zero-order chi connectivity index (χ0) is 16.4. The van der Waals surface area contributed by atoms with Gasteiger partial charge in [-0.1, -0.05) is 35.3 Å². The molecule has 2 aromatic heterocycles. The molecule has 1 aromatic carbocycles. The first-order valence-electron chi connectivity index (χ1n) is 8.23. The molecule has 0 amide bonds. The SMILES string of the molecule is Clc1nc(NC2CCN(Cc3ccccc3)CC2)c2[nH]c[nH+]c2n1. The molecule has 24 heavy (non-hydrogen) atoms. The summed E-state index contributed by atoms with van der Waals surface area (Å²) >= 11 is 6.01. The molecule has 0 bridgehead atoms. The highest BCUT2D eigenvalue weighted by Crippen LogP contribution is 2.22. The third kappa shape index (κ3) is 3.34. The standard InChI is InChI=1S/C17H19ClN6/c18-17-22-15-14(19-11-20-15)16(23-17)21-13-6-8-24(9-7-13)10-12-4-2-1-3-5-12/h1-5,11,13H,6-10H2,(H2,19,20,21,22,23)/p+1. The van der Waals surface area contributed by atoms with E-state index in [0.717, 1.165) is 49.5 Å². The summed E-state index contributed by atoms with van der Waals surface area (Å²) in [6, 6.07) is 11.0. The van der Waals surface area contributed by atoms with Gasteiger partial charge >= 0.3 is 10.9 Å². The Kier molecular flexibility index (Phi) is 4.32. The molecule has 6 nitrogen and oxygen atoms in total. The number of likely N-dealkylation sites (tertiary alicyclic amines) is 1. The Balaban J connectivity index is 1.38. The predicted octanol–water partition coefficient (Wildman–Crippen LogP) is 2.50. The van der Waals surface area contributed by atoms with E-state index in [2.05, 4.69) is 60.5 Å². The van der Waals surface area contributed by atoms with Gasteiger partial charge in [-0.25, -0.2) is 4.98 Å². The summed E-state index contributed by atoms with van der Waals surface area (Å²) in [6.45, 7) is 3.17. The monoisotopic (exact) mass is 343 g/mol. The number of aromatic amines is 2. The molecule has 1 saturated heterocycles. The zero-order valence-electron chi connectivity index (χ0n) is 13.3. The van der Waals surface area contributed by atoms with Crippen molar-refractivity contribution in [2.75, 3.05) is 18.4 Å². The Bertz CT molecular complexity index is 810. The third-order valence-electron chi connectivity index (χ3n) is 4.48. The molecule has 0 saturated carbocycles. The number of imidazole rings is 1. The molecule has 3 N–H and O–H groups in total. The van der Waals surface area contributed by atoms with Crippen LogP contribution in [0.5, 0.6) is 0 Å². The summed E-state index contributed by atoms with van der Waals surface area (Å²) in [4.78, 5) is 17.2. The van der Waals surface area contributed by atoms with E-state index in [1.807, 2.05) is 0 Å². The maximum absolute atomic E-state index is 6.01. The van der Waals surface area contributed by atoms with E-state index >= 15 is 0 Å². The van der Waals surface area contributed by atoms with Crippen LogP contribution in [0.2, 0.25) is 5.28 Å². The molecule has 124 valence electrons. The average Bonchev–Trinajstić information content (AvgIpc) is 3.06. The van der Waals surface area contributed by atoms with Crippen molar-refractivity contribution in [3.63, 3.8) is 0 Å². The van der Waals surface area contributed by atoms with Gasteiger partial charge < -0.3 is 5.32 Å². The minimum atomic E-state index is 0.252. The summed E-state index contributed by atoms with van der Waals surface area (Å²) < 4.78 is 0. The van der Waals surface area contributed by atoms with Gasteiger partial charge in [0.25, 0.3) is 0 Å². The van der Waals surface area contributed by atoms with Crippen LogP contribution in [-0.4, -0.2) is 39.0 Å². The van der Waals surface area contributed by atoms with E-state index in [1.165, 1.54) is 5.56 Å². The van der Waals surface area contributed by atoms with Gasteiger partial charge in [-0.15, -0.1) is 0 Å². The van der Waals surface area contributed by atoms with Crippen molar-refractivity contribution in [1.82, 2.24) is 19.9 Å². The Labute approximate surface area is 145 Å². The van der Waals surface area contributed by atoms with Crippen LogP contribution in [0.25, 0.3) is 11.2 Å². The first kappa shape index (κ1) is 15.4. The van der Waals surface area contributed by atoms with E-state index in [1.54, 1.807) is 6.33 Å². The van der Waals surface area contributed by atoms with Crippen molar-refractivity contribution in [2.45, 2.75) is 25.4 Å². The number of nitrogens with one attached hydrogen (secondary N) is 3. The topological polar surface area (TPSA) is 71.0 Å². The van der Waals surface area contributed by atoms with Crippen molar-refractivity contribution in [2.24, 2.45) is 0 Å². The number of fused-ring (bicyclic) bond motifs is 1. The summed E-state index contributed by atoms with van der Waals surface area (Å²) in [7, 11) is 0. The lowest BCUT2D eigenvalue weighted by Gasteiger charge is -2.32. The van der Waals surface area contributed by atoms with Gasteiger partial charge in [-0.2, -0.15) is 4.98 Å². The van der Waals surface area contributed by atoms with Gasteiger partial charge in [0, 0.05) is 25.7 Å². The number of aromatic nitrogens is 4. The van der Waals surface area contributed by atoms with Gasteiger partial charge in [-0.05, 0) is 30.0 Å². The van der Waals surface area contributed by atoms with Crippen molar-refractivity contribution >= 4 is 28.6 Å². The third-order valence-corrected chi connectivity index (χ3v) is 4.65. The van der Waals surface area contributed by atoms with Crippen molar-refractivity contribution < 1.29 is 4.98 Å². The Morgan fingerprint density at radius 3 is 2.79 bits per heavy atom. The van der Waals surface area contributed by atoms with Crippen molar-refractivity contribution in [1.29, 1.82) is 0 Å². The normalized spacial score (nSPS) is 16.5. The fourth-order valence-electron chi connectivity index (χ4n) is 3.23. The van der Waals surface area contributed by atoms with Gasteiger partial charge in [0.2, 0.25) is 5.52 Å². The van der Waals surface area contributed by atoms with Crippen LogP contribution in [0.1, 0.15) is 18.4 Å². The molecule has 3 aromatic rings. The number of rotatable bonds is 4. The smallest absolute Gasteiger partial charge is 0.306 e. The van der Waals surface area contributed by atoms with Crippen LogP contribution in [0, 0.1) is 0 Å². The number of anilines is 1. The molecule has 1 fully saturated rings. The summed E-state index contributed by atoms with van der Waals surface area (Å²) in [5.74, 6) is 0.771. The first-order valence-corrected chi connectivity index (χ1v) is 8.61. The largest absolute Gasteiger partial charge is 0.364 e. The number of piperidine rings is 1. The minimum Gasteiger partial charge on any atom is -0.364 e. The fourth-order valence-corrected chi connectivity index (χ4v) is 3.40. The molecule has 0 unspecified atom stereocenters. The maximum Gasteiger partial charge on any atom is 0.306 e. The highest BCUT2D eigenvalue weighted by Gasteiger charge is 2.22. The zero-order valence-corrected chi connectivity index (χ0v) is 14.1. The molecule has 4 rings (SSSR count). The Morgan fingerprint density at radius 1 is 1.21 bits per heavy atom. The molecular weight excluding hydrogens is 324 g/mol. The van der Waals surface area contributed by atoms with Gasteiger partial charge in [-0.3, -0.25) is 9.88 Å². The van der Waals surface area contributed by atoms with Gasteiger partial charge in [0.05, 0.1) is 0 Å². The van der Waals surface area contributed by atoms with Crippen LogP contribution in [-0.2, 0) is 6.54 Å². The van der Waals surface area contributed by atoms with Crippen LogP contribution < -0.4 is 10.3 Å². The van der Waals surface area contributed by atoms with E-state index in [4.69, 9.17) is 11.6 Å². The summed E-state index contributed by atoms with van der Waals surface area (Å²) in [5, 5.41) is 3.77. The van der Waals surface area contributed by atoms with Crippen LogP contribution in [0.4, 0.5) is 5.82 Å². The summed E-state index contributed by atoms with van der Waals surface area (Å²) in [5.41, 5.74) is 2.96. The number of hydrogen-bond donors (Lipinski definition) is 2. The Hall–Kier alpha value is -2.18. The van der Waals surface area contributed by atoms with Crippen molar-refractivity contribution in [3.05, 3.63) is 47.5 Å². The van der Waals surface area contributed by atoms with Gasteiger partial charge in [0.1, 0.15) is 0 Å². The van der Waals surface area contributed by atoms with Crippen LogP contribution in [0.15, 0.2) is 36.7 Å².